The number of anilines is 2. The highest BCUT2D eigenvalue weighted by molar-refractivity contribution is 7.16. The summed E-state index contributed by atoms with van der Waals surface area (Å²) in [6.07, 6.45) is 7.65. The maximum absolute atomic E-state index is 12.6. The Morgan fingerprint density at radius 2 is 2.07 bits per heavy atom. The van der Waals surface area contributed by atoms with Crippen molar-refractivity contribution in [3.63, 3.8) is 0 Å². The monoisotopic (exact) mass is 415 g/mol. The summed E-state index contributed by atoms with van der Waals surface area (Å²) in [5.74, 6) is -0.0505. The number of nitrogens with zero attached hydrogens (tertiary/aromatic N) is 4. The summed E-state index contributed by atoms with van der Waals surface area (Å²) >= 11 is 7.81. The summed E-state index contributed by atoms with van der Waals surface area (Å²) in [6, 6.07) is 4.22. The third-order valence-corrected chi connectivity index (χ3v) is 6.87. The Bertz CT molecular complexity index is 914. The zero-order chi connectivity index (χ0) is 19.5. The van der Waals surface area contributed by atoms with Gasteiger partial charge < -0.3 is 10.2 Å². The summed E-state index contributed by atoms with van der Waals surface area (Å²) in [5.41, 5.74) is 2.81. The standard InChI is InChI=1S/C20H22ClN5OS/c21-16-12-23-6-5-17(16)26-9-7-25(8-10-26)13-19(27)24-20-15(11-22)14-3-1-2-4-18(14)28-20/h5-6,12H,1-4,7-10,13H2,(H,24,27). The van der Waals surface area contributed by atoms with Crippen molar-refractivity contribution < 1.29 is 4.79 Å². The number of pyridine rings is 1. The quantitative estimate of drug-likeness (QED) is 0.829. The molecule has 2 aliphatic rings. The Morgan fingerprint density at radius 1 is 1.29 bits per heavy atom. The van der Waals surface area contributed by atoms with Crippen molar-refractivity contribution in [2.24, 2.45) is 0 Å². The van der Waals surface area contributed by atoms with Gasteiger partial charge >= 0.3 is 0 Å². The lowest BCUT2D eigenvalue weighted by Crippen LogP contribution is -2.48. The number of aryl methyl sites for hydroxylation is 1. The molecule has 8 heteroatoms. The van der Waals surface area contributed by atoms with E-state index in [1.807, 2.05) is 6.07 Å². The lowest BCUT2D eigenvalue weighted by Gasteiger charge is -2.35. The molecule has 1 aliphatic heterocycles. The van der Waals surface area contributed by atoms with E-state index in [4.69, 9.17) is 11.6 Å². The average Bonchev–Trinajstić information content (AvgIpc) is 3.06. The second-order valence-corrected chi connectivity index (χ2v) is 8.68. The molecule has 1 amide bonds. The first-order valence-electron chi connectivity index (χ1n) is 9.57. The van der Waals surface area contributed by atoms with Gasteiger partial charge in [0, 0.05) is 43.4 Å². The number of piperazine rings is 1. The van der Waals surface area contributed by atoms with Crippen molar-refractivity contribution in [2.75, 3.05) is 42.9 Å². The molecule has 1 N–H and O–H groups in total. The molecule has 1 fully saturated rings. The van der Waals surface area contributed by atoms with Gasteiger partial charge in [0.1, 0.15) is 11.1 Å². The molecule has 146 valence electrons. The van der Waals surface area contributed by atoms with Crippen LogP contribution < -0.4 is 10.2 Å². The van der Waals surface area contributed by atoms with Gasteiger partial charge in [0.2, 0.25) is 5.91 Å². The molecule has 0 unspecified atom stereocenters. The van der Waals surface area contributed by atoms with Crippen LogP contribution in [0.5, 0.6) is 0 Å². The van der Waals surface area contributed by atoms with E-state index in [-0.39, 0.29) is 5.91 Å². The van der Waals surface area contributed by atoms with Crippen molar-refractivity contribution in [3.05, 3.63) is 39.5 Å². The highest BCUT2D eigenvalue weighted by atomic mass is 35.5. The molecule has 0 aromatic carbocycles. The van der Waals surface area contributed by atoms with Crippen molar-refractivity contribution in [2.45, 2.75) is 25.7 Å². The predicted molar refractivity (Wildman–Crippen MR) is 112 cm³/mol. The van der Waals surface area contributed by atoms with Gasteiger partial charge in [0.15, 0.2) is 0 Å². The zero-order valence-electron chi connectivity index (χ0n) is 15.6. The molecule has 4 rings (SSSR count). The number of thiophene rings is 1. The SMILES string of the molecule is N#Cc1c(NC(=O)CN2CCN(c3ccncc3Cl)CC2)sc2c1CCCC2. The van der Waals surface area contributed by atoms with Gasteiger partial charge in [-0.1, -0.05) is 11.6 Å². The Kier molecular flexibility index (Phi) is 5.81. The lowest BCUT2D eigenvalue weighted by molar-refractivity contribution is -0.117. The molecule has 0 saturated carbocycles. The predicted octanol–water partition coefficient (Wildman–Crippen LogP) is 3.31. The topological polar surface area (TPSA) is 72.3 Å². The van der Waals surface area contributed by atoms with E-state index in [0.717, 1.165) is 68.1 Å². The van der Waals surface area contributed by atoms with Crippen LogP contribution >= 0.6 is 22.9 Å². The number of carbonyl (C=O) groups excluding carboxylic acids is 1. The fourth-order valence-corrected chi connectivity index (χ4v) is 5.41. The number of carbonyl (C=O) groups is 1. The largest absolute Gasteiger partial charge is 0.368 e. The first-order valence-corrected chi connectivity index (χ1v) is 10.8. The number of rotatable bonds is 4. The average molecular weight is 416 g/mol. The molecule has 6 nitrogen and oxygen atoms in total. The zero-order valence-corrected chi connectivity index (χ0v) is 17.2. The van der Waals surface area contributed by atoms with Crippen molar-refractivity contribution in [1.82, 2.24) is 9.88 Å². The minimum absolute atomic E-state index is 0.0505. The van der Waals surface area contributed by atoms with Crippen molar-refractivity contribution in [3.8, 4) is 6.07 Å². The van der Waals surface area contributed by atoms with Gasteiger partial charge in [0.25, 0.3) is 0 Å². The molecule has 28 heavy (non-hydrogen) atoms. The van der Waals surface area contributed by atoms with Gasteiger partial charge in [-0.3, -0.25) is 14.7 Å². The summed E-state index contributed by atoms with van der Waals surface area (Å²) in [6.45, 7) is 3.54. The van der Waals surface area contributed by atoms with Crippen LogP contribution in [0.1, 0.15) is 28.8 Å². The van der Waals surface area contributed by atoms with Crippen LogP contribution in [-0.2, 0) is 17.6 Å². The molecule has 0 radical (unpaired) electrons. The fraction of sp³-hybridized carbons (Fsp3) is 0.450. The Morgan fingerprint density at radius 3 is 2.82 bits per heavy atom. The van der Waals surface area contributed by atoms with E-state index in [1.54, 1.807) is 23.7 Å². The van der Waals surface area contributed by atoms with E-state index in [1.165, 1.54) is 4.88 Å². The third-order valence-electron chi connectivity index (χ3n) is 5.37. The van der Waals surface area contributed by atoms with Crippen LogP contribution in [0.4, 0.5) is 10.7 Å². The molecule has 3 heterocycles. The number of amides is 1. The number of hydrogen-bond donors (Lipinski definition) is 1. The van der Waals surface area contributed by atoms with Gasteiger partial charge in [-0.2, -0.15) is 5.26 Å². The molecule has 0 atom stereocenters. The first kappa shape index (κ1) is 19.2. The van der Waals surface area contributed by atoms with Crippen molar-refractivity contribution >= 4 is 39.5 Å². The van der Waals surface area contributed by atoms with Crippen LogP contribution in [0.25, 0.3) is 0 Å². The second-order valence-electron chi connectivity index (χ2n) is 7.17. The highest BCUT2D eigenvalue weighted by Crippen LogP contribution is 2.37. The third kappa shape index (κ3) is 4.00. The maximum Gasteiger partial charge on any atom is 0.239 e. The molecule has 2 aromatic heterocycles. The minimum atomic E-state index is -0.0505. The molecule has 0 bridgehead atoms. The van der Waals surface area contributed by atoms with Gasteiger partial charge in [0.05, 0.1) is 22.8 Å². The summed E-state index contributed by atoms with van der Waals surface area (Å²) in [5, 5.41) is 13.9. The summed E-state index contributed by atoms with van der Waals surface area (Å²) in [7, 11) is 0. The van der Waals surface area contributed by atoms with Crippen LogP contribution in [0.15, 0.2) is 18.5 Å². The Labute approximate surface area is 173 Å². The summed E-state index contributed by atoms with van der Waals surface area (Å²) < 4.78 is 0. The Hall–Kier alpha value is -2.14. The van der Waals surface area contributed by atoms with E-state index < -0.39 is 0 Å². The lowest BCUT2D eigenvalue weighted by atomic mass is 9.96. The van der Waals surface area contributed by atoms with E-state index in [2.05, 4.69) is 26.2 Å². The van der Waals surface area contributed by atoms with Gasteiger partial charge in [-0.25, -0.2) is 0 Å². The molecule has 0 spiro atoms. The molecule has 1 saturated heterocycles. The maximum atomic E-state index is 12.6. The van der Waals surface area contributed by atoms with Crippen LogP contribution in [0.2, 0.25) is 5.02 Å². The van der Waals surface area contributed by atoms with Gasteiger partial charge in [-0.15, -0.1) is 11.3 Å². The summed E-state index contributed by atoms with van der Waals surface area (Å²) in [4.78, 5) is 22.2. The van der Waals surface area contributed by atoms with Crippen LogP contribution in [-0.4, -0.2) is 48.5 Å². The highest BCUT2D eigenvalue weighted by Gasteiger charge is 2.24. The number of aromatic nitrogens is 1. The number of halogens is 1. The fourth-order valence-electron chi connectivity index (χ4n) is 3.91. The molecule has 2 aromatic rings. The van der Waals surface area contributed by atoms with Crippen molar-refractivity contribution in [1.29, 1.82) is 5.26 Å². The molecule has 1 aliphatic carbocycles. The normalized spacial score (nSPS) is 17.1. The van der Waals surface area contributed by atoms with E-state index >= 15 is 0 Å². The number of nitrogens with one attached hydrogen (secondary N) is 1. The van der Waals surface area contributed by atoms with E-state index in [0.29, 0.717) is 17.1 Å². The minimum Gasteiger partial charge on any atom is -0.368 e. The number of fused-ring (bicyclic) bond motifs is 1. The van der Waals surface area contributed by atoms with Crippen LogP contribution in [0, 0.1) is 11.3 Å². The van der Waals surface area contributed by atoms with E-state index in [9.17, 15) is 10.1 Å². The Balaban J connectivity index is 1.34. The smallest absolute Gasteiger partial charge is 0.239 e. The number of hydrogen-bond acceptors (Lipinski definition) is 6. The van der Waals surface area contributed by atoms with Crippen LogP contribution in [0.3, 0.4) is 0 Å². The molecular formula is C20H22ClN5OS. The first-order chi connectivity index (χ1) is 13.7. The number of nitriles is 1. The second kappa shape index (κ2) is 8.48. The molecular weight excluding hydrogens is 394 g/mol. The van der Waals surface area contributed by atoms with Gasteiger partial charge in [-0.05, 0) is 37.3 Å².